The molecule has 2 N–H and O–H groups in total. The van der Waals surface area contributed by atoms with E-state index < -0.39 is 35.7 Å². The van der Waals surface area contributed by atoms with Gasteiger partial charge < -0.3 is 19.3 Å². The maximum atomic E-state index is 13.9. The number of carbonyl (C=O) groups excluding carboxylic acids is 2. The van der Waals surface area contributed by atoms with Crippen LogP contribution in [0.4, 0.5) is 19.3 Å². The lowest BCUT2D eigenvalue weighted by atomic mass is 9.96. The first-order valence-electron chi connectivity index (χ1n) is 10.1. The van der Waals surface area contributed by atoms with Crippen molar-refractivity contribution in [1.29, 1.82) is 0 Å². The van der Waals surface area contributed by atoms with Crippen LogP contribution in [0, 0.1) is 17.6 Å². The third kappa shape index (κ3) is 8.38. The van der Waals surface area contributed by atoms with E-state index in [-0.39, 0.29) is 25.5 Å². The molecule has 2 rings (SSSR count). The van der Waals surface area contributed by atoms with Crippen LogP contribution in [-0.2, 0) is 14.3 Å². The fourth-order valence-corrected chi connectivity index (χ4v) is 2.76. The normalized spacial score (nSPS) is 12.6. The van der Waals surface area contributed by atoms with E-state index in [1.54, 1.807) is 31.2 Å². The highest BCUT2D eigenvalue weighted by Crippen LogP contribution is 2.29. The largest absolute Gasteiger partial charge is 0.491 e. The Labute approximate surface area is 190 Å². The molecule has 0 saturated carbocycles. The average molecular weight is 461 g/mol. The maximum Gasteiger partial charge on any atom is 0.412 e. The second-order valence-corrected chi connectivity index (χ2v) is 6.85. The van der Waals surface area contributed by atoms with E-state index in [9.17, 15) is 18.4 Å². The number of ether oxygens (including phenoxy) is 3. The molecule has 2 aromatic carbocycles. The van der Waals surface area contributed by atoms with E-state index in [4.69, 9.17) is 19.3 Å². The van der Waals surface area contributed by atoms with Gasteiger partial charge in [0.1, 0.15) is 36.7 Å². The maximum absolute atomic E-state index is 13.9. The molecule has 0 heterocycles. The van der Waals surface area contributed by atoms with E-state index in [0.717, 1.165) is 12.1 Å². The molecule has 2 aromatic rings. The van der Waals surface area contributed by atoms with Crippen molar-refractivity contribution in [3.63, 3.8) is 0 Å². The molecule has 0 bridgehead atoms. The monoisotopic (exact) mass is 461 g/mol. The Hall–Kier alpha value is -3.72. The zero-order chi connectivity index (χ0) is 24.2. The summed E-state index contributed by atoms with van der Waals surface area (Å²) >= 11 is 0. The van der Waals surface area contributed by atoms with Gasteiger partial charge in [0.2, 0.25) is 0 Å². The predicted octanol–water partition coefficient (Wildman–Crippen LogP) is 4.55. The first-order valence-corrected chi connectivity index (χ1v) is 10.1. The summed E-state index contributed by atoms with van der Waals surface area (Å²) in [5.41, 5.74) is 0.321. The van der Waals surface area contributed by atoms with E-state index in [0.29, 0.717) is 17.4 Å². The Bertz CT molecular complexity index is 977. The third-order valence-corrected chi connectivity index (χ3v) is 4.33. The number of benzene rings is 2. The molecule has 9 heteroatoms. The molecule has 0 saturated heterocycles. The van der Waals surface area contributed by atoms with Crippen molar-refractivity contribution in [2.24, 2.45) is 5.92 Å². The molecule has 0 spiro atoms. The molecule has 2 atom stereocenters. The summed E-state index contributed by atoms with van der Waals surface area (Å²) in [5, 5.41) is 11.1. The lowest BCUT2D eigenvalue weighted by Gasteiger charge is -2.23. The number of amides is 1. The topological polar surface area (TPSA) is 94.1 Å². The molecule has 0 radical (unpaired) electrons. The van der Waals surface area contributed by atoms with Crippen LogP contribution < -0.4 is 10.1 Å². The van der Waals surface area contributed by atoms with Gasteiger partial charge in [-0.05, 0) is 29.8 Å². The minimum atomic E-state index is -0.972. The summed E-state index contributed by atoms with van der Waals surface area (Å²) in [6, 6.07) is 9.29. The first kappa shape index (κ1) is 25.5. The van der Waals surface area contributed by atoms with Gasteiger partial charge in [0.05, 0.1) is 12.3 Å². The van der Waals surface area contributed by atoms with E-state index in [2.05, 4.69) is 11.9 Å². The Morgan fingerprint density at radius 1 is 1.18 bits per heavy atom. The quantitative estimate of drug-likeness (QED) is 0.290. The van der Waals surface area contributed by atoms with E-state index in [1.165, 1.54) is 18.2 Å². The molecule has 7 nitrogen and oxygen atoms in total. The molecule has 0 fully saturated rings. The summed E-state index contributed by atoms with van der Waals surface area (Å²) in [4.78, 5) is 24.2. The fourth-order valence-electron chi connectivity index (χ4n) is 2.76. The number of aliphatic hydroxyl groups excluding tert-OH is 1. The molecule has 1 amide bonds. The van der Waals surface area contributed by atoms with Gasteiger partial charge in [-0.15, -0.1) is 0 Å². The van der Waals surface area contributed by atoms with Crippen molar-refractivity contribution in [1.82, 2.24) is 0 Å². The minimum absolute atomic E-state index is 0.0540. The molecule has 0 aliphatic heterocycles. The Balaban J connectivity index is 2.19. The van der Waals surface area contributed by atoms with Crippen LogP contribution in [0.1, 0.15) is 18.6 Å². The summed E-state index contributed by atoms with van der Waals surface area (Å²) in [6.07, 6.45) is 2.31. The minimum Gasteiger partial charge on any atom is -0.491 e. The van der Waals surface area contributed by atoms with Crippen LogP contribution in [0.5, 0.6) is 5.75 Å². The van der Waals surface area contributed by atoms with Crippen LogP contribution in [0.3, 0.4) is 0 Å². The number of halogens is 2. The van der Waals surface area contributed by atoms with Crippen LogP contribution in [0.15, 0.2) is 67.3 Å². The van der Waals surface area contributed by atoms with Crippen LogP contribution in [0.25, 0.3) is 0 Å². The zero-order valence-electron chi connectivity index (χ0n) is 18.0. The van der Waals surface area contributed by atoms with Gasteiger partial charge in [-0.2, -0.15) is 0 Å². The van der Waals surface area contributed by atoms with Gasteiger partial charge >= 0.3 is 12.1 Å². The lowest BCUT2D eigenvalue weighted by molar-refractivity contribution is -0.136. The molecule has 0 aromatic heterocycles. The second kappa shape index (κ2) is 13.0. The number of anilines is 1. The predicted molar refractivity (Wildman–Crippen MR) is 118 cm³/mol. The molecular formula is C24H25F2NO6. The fraction of sp³-hybridized carbons (Fsp3) is 0.250. The molecule has 0 unspecified atom stereocenters. The van der Waals surface area contributed by atoms with Crippen LogP contribution >= 0.6 is 0 Å². The van der Waals surface area contributed by atoms with Crippen molar-refractivity contribution < 1.29 is 37.7 Å². The summed E-state index contributed by atoms with van der Waals surface area (Å²) in [5.74, 6) is -2.32. The third-order valence-electron chi connectivity index (χ3n) is 4.33. The van der Waals surface area contributed by atoms with Gasteiger partial charge in [0.25, 0.3) is 0 Å². The van der Waals surface area contributed by atoms with Gasteiger partial charge in [0.15, 0.2) is 0 Å². The summed E-state index contributed by atoms with van der Waals surface area (Å²) in [6.45, 7) is 5.21. The zero-order valence-corrected chi connectivity index (χ0v) is 18.0. The SMILES string of the molecule is C=CCOC(=O)/C=C/[C@@H](C)[C@H](OC(=O)Nc1ccc(F)cc1F)c1ccc(OCCO)cc1. The highest BCUT2D eigenvalue weighted by molar-refractivity contribution is 5.85. The number of carbonyl (C=O) groups is 2. The molecular weight excluding hydrogens is 436 g/mol. The first-order chi connectivity index (χ1) is 15.8. The number of rotatable bonds is 11. The van der Waals surface area contributed by atoms with Crippen molar-refractivity contribution in [2.45, 2.75) is 13.0 Å². The molecule has 33 heavy (non-hydrogen) atoms. The highest BCUT2D eigenvalue weighted by Gasteiger charge is 2.23. The summed E-state index contributed by atoms with van der Waals surface area (Å²) < 4.78 is 42.7. The van der Waals surface area contributed by atoms with Crippen molar-refractivity contribution in [3.8, 4) is 5.75 Å². The van der Waals surface area contributed by atoms with Gasteiger partial charge in [-0.1, -0.05) is 37.8 Å². The van der Waals surface area contributed by atoms with Gasteiger partial charge in [-0.25, -0.2) is 18.4 Å². The van der Waals surface area contributed by atoms with Crippen LogP contribution in [-0.4, -0.2) is 37.0 Å². The lowest BCUT2D eigenvalue weighted by Crippen LogP contribution is -2.22. The number of esters is 1. The molecule has 176 valence electrons. The van der Waals surface area contributed by atoms with Crippen LogP contribution in [0.2, 0.25) is 0 Å². The molecule has 0 aliphatic carbocycles. The van der Waals surface area contributed by atoms with Crippen molar-refractivity contribution in [3.05, 3.63) is 84.5 Å². The van der Waals surface area contributed by atoms with E-state index in [1.807, 2.05) is 0 Å². The van der Waals surface area contributed by atoms with Crippen molar-refractivity contribution in [2.75, 3.05) is 25.1 Å². The number of hydrogen-bond acceptors (Lipinski definition) is 6. The smallest absolute Gasteiger partial charge is 0.412 e. The highest BCUT2D eigenvalue weighted by atomic mass is 19.1. The number of aliphatic hydroxyl groups is 1. The second-order valence-electron chi connectivity index (χ2n) is 6.85. The Morgan fingerprint density at radius 2 is 1.91 bits per heavy atom. The standard InChI is InChI=1S/C24H25F2NO6/c1-3-13-32-22(29)11-4-16(2)23(17-5-8-19(9-6-17)31-14-12-28)33-24(30)27-21-10-7-18(25)15-20(21)26/h3-11,15-16,23,28H,1,12-14H2,2H3,(H,27,30)/b11-4+/t16-,23+/m1/s1. The Morgan fingerprint density at radius 3 is 2.55 bits per heavy atom. The van der Waals surface area contributed by atoms with Gasteiger partial charge in [-0.3, -0.25) is 5.32 Å². The number of hydrogen-bond donors (Lipinski definition) is 2. The number of nitrogens with one attached hydrogen (secondary N) is 1. The van der Waals surface area contributed by atoms with Gasteiger partial charge in [0, 0.05) is 18.1 Å². The summed E-state index contributed by atoms with van der Waals surface area (Å²) in [7, 11) is 0. The van der Waals surface area contributed by atoms with E-state index >= 15 is 0 Å². The molecule has 0 aliphatic rings. The average Bonchev–Trinajstić information content (AvgIpc) is 2.80. The van der Waals surface area contributed by atoms with Crippen molar-refractivity contribution >= 4 is 17.7 Å². The Kier molecular flexibility index (Phi) is 10.0.